The number of carbonyl (C=O) groups excluding carboxylic acids is 1. The number of likely N-dealkylation sites (N-methyl/N-ethyl adjacent to an activating group) is 1. The molecule has 0 bridgehead atoms. The second-order valence-corrected chi connectivity index (χ2v) is 7.78. The molecule has 1 aromatic rings. The molecule has 164 valence electrons. The molecule has 2 aliphatic rings. The zero-order valence-corrected chi connectivity index (χ0v) is 18.8. The first-order chi connectivity index (χ1) is 14.9. The molecule has 2 heterocycles. The van der Waals surface area contributed by atoms with E-state index in [-0.39, 0.29) is 18.1 Å². The summed E-state index contributed by atoms with van der Waals surface area (Å²) < 4.78 is 5.45. The van der Waals surface area contributed by atoms with Crippen molar-refractivity contribution < 1.29 is 9.53 Å². The monoisotopic (exact) mass is 421 g/mol. The summed E-state index contributed by atoms with van der Waals surface area (Å²) in [4.78, 5) is 23.2. The van der Waals surface area contributed by atoms with Crippen LogP contribution in [-0.2, 0) is 11.3 Å². The SMILES string of the molecule is C=C1C(N)N(C)C=CN1C(=NCc1ccc(C)c(OC)c1)[C@@H]1CCCN1C(=O)C#CC. The molecule has 2 N–H and O–H groups in total. The van der Waals surface area contributed by atoms with Crippen LogP contribution in [0, 0.1) is 18.8 Å². The number of nitrogens with two attached hydrogens (primary N) is 1. The molecule has 2 atom stereocenters. The van der Waals surface area contributed by atoms with E-state index in [0.29, 0.717) is 18.8 Å². The highest BCUT2D eigenvalue weighted by Gasteiger charge is 2.36. The number of benzene rings is 1. The zero-order chi connectivity index (χ0) is 22.5. The van der Waals surface area contributed by atoms with Gasteiger partial charge in [0.2, 0.25) is 0 Å². The lowest BCUT2D eigenvalue weighted by Crippen LogP contribution is -2.52. The maximum atomic E-state index is 12.6. The maximum Gasteiger partial charge on any atom is 0.299 e. The summed E-state index contributed by atoms with van der Waals surface area (Å²) in [5.74, 6) is 6.79. The van der Waals surface area contributed by atoms with Crippen LogP contribution in [-0.4, -0.2) is 59.4 Å². The van der Waals surface area contributed by atoms with Gasteiger partial charge in [0.1, 0.15) is 17.8 Å². The summed E-state index contributed by atoms with van der Waals surface area (Å²) in [6.07, 6.45) is 5.16. The van der Waals surface area contributed by atoms with Crippen LogP contribution >= 0.6 is 0 Å². The smallest absolute Gasteiger partial charge is 0.299 e. The Morgan fingerprint density at radius 2 is 2.16 bits per heavy atom. The lowest BCUT2D eigenvalue weighted by Gasteiger charge is -2.39. The van der Waals surface area contributed by atoms with Crippen molar-refractivity contribution >= 4 is 11.7 Å². The van der Waals surface area contributed by atoms with E-state index in [4.69, 9.17) is 15.5 Å². The van der Waals surface area contributed by atoms with Gasteiger partial charge in [0.05, 0.1) is 25.4 Å². The van der Waals surface area contributed by atoms with Gasteiger partial charge in [0.15, 0.2) is 0 Å². The van der Waals surface area contributed by atoms with E-state index in [1.54, 1.807) is 18.9 Å². The molecule has 0 aliphatic carbocycles. The largest absolute Gasteiger partial charge is 0.496 e. The van der Waals surface area contributed by atoms with Gasteiger partial charge < -0.3 is 25.2 Å². The Bertz CT molecular complexity index is 972. The van der Waals surface area contributed by atoms with E-state index in [0.717, 1.165) is 35.6 Å². The third kappa shape index (κ3) is 4.75. The number of carbonyl (C=O) groups is 1. The van der Waals surface area contributed by atoms with Crippen LogP contribution in [0.15, 0.2) is 47.9 Å². The second kappa shape index (κ2) is 9.71. The third-order valence-corrected chi connectivity index (χ3v) is 5.73. The van der Waals surface area contributed by atoms with Crippen molar-refractivity contribution in [2.75, 3.05) is 20.7 Å². The molecule has 7 nitrogen and oxygen atoms in total. The number of ether oxygens (including phenoxy) is 1. The molecule has 7 heteroatoms. The number of likely N-dealkylation sites (tertiary alicyclic amines) is 1. The minimum atomic E-state index is -0.365. The molecular formula is C24H31N5O2. The lowest BCUT2D eigenvalue weighted by molar-refractivity contribution is -0.124. The quantitative estimate of drug-likeness (QED) is 0.459. The number of methoxy groups -OCH3 is 1. The predicted molar refractivity (Wildman–Crippen MR) is 123 cm³/mol. The molecule has 0 radical (unpaired) electrons. The van der Waals surface area contributed by atoms with E-state index >= 15 is 0 Å². The molecule has 0 saturated carbocycles. The highest BCUT2D eigenvalue weighted by molar-refractivity contribution is 5.99. The van der Waals surface area contributed by atoms with E-state index in [2.05, 4.69) is 18.4 Å². The summed E-state index contributed by atoms with van der Waals surface area (Å²) in [5, 5.41) is 0. The fourth-order valence-corrected chi connectivity index (χ4v) is 3.90. The number of amidine groups is 1. The standard InChI is InChI=1S/C24H31N5O2/c1-6-8-22(30)29-12-7-9-20(29)24(28-14-13-27(4)23(25)18(28)3)26-16-19-11-10-17(2)21(15-19)31-5/h10-11,13-15,20,23H,3,7,9,12,16,25H2,1-2,4-5H3/t20-,23?/m0/s1. The normalized spacial score (nSPS) is 21.3. The fraction of sp³-hybridized carbons (Fsp3) is 0.417. The van der Waals surface area contributed by atoms with Crippen LogP contribution in [0.1, 0.15) is 30.9 Å². The molecule has 0 spiro atoms. The third-order valence-electron chi connectivity index (χ3n) is 5.73. The van der Waals surface area contributed by atoms with Crippen LogP contribution in [0.25, 0.3) is 0 Å². The molecule has 1 saturated heterocycles. The summed E-state index contributed by atoms with van der Waals surface area (Å²) in [5.41, 5.74) is 9.12. The Labute approximate surface area is 184 Å². The van der Waals surface area contributed by atoms with Crippen LogP contribution in [0.4, 0.5) is 0 Å². The molecule has 0 aromatic heterocycles. The van der Waals surface area contributed by atoms with Crippen molar-refractivity contribution in [1.29, 1.82) is 0 Å². The van der Waals surface area contributed by atoms with Crippen molar-refractivity contribution in [3.63, 3.8) is 0 Å². The molecule has 1 unspecified atom stereocenters. The number of hydrogen-bond donors (Lipinski definition) is 1. The van der Waals surface area contributed by atoms with Gasteiger partial charge in [-0.15, -0.1) is 0 Å². The van der Waals surface area contributed by atoms with Crippen molar-refractivity contribution in [1.82, 2.24) is 14.7 Å². The van der Waals surface area contributed by atoms with E-state index in [1.165, 1.54) is 0 Å². The Balaban J connectivity index is 1.99. The first-order valence-corrected chi connectivity index (χ1v) is 10.4. The van der Waals surface area contributed by atoms with Crippen molar-refractivity contribution in [2.45, 2.75) is 45.4 Å². The van der Waals surface area contributed by atoms with Crippen molar-refractivity contribution in [2.24, 2.45) is 10.7 Å². The van der Waals surface area contributed by atoms with E-state index in [1.807, 2.05) is 54.4 Å². The van der Waals surface area contributed by atoms with Crippen LogP contribution in [0.3, 0.4) is 0 Å². The summed E-state index contributed by atoms with van der Waals surface area (Å²) >= 11 is 0. The van der Waals surface area contributed by atoms with Crippen LogP contribution < -0.4 is 10.5 Å². The number of aliphatic imine (C=N–C) groups is 1. The number of nitrogens with zero attached hydrogens (tertiary/aromatic N) is 4. The maximum absolute atomic E-state index is 12.6. The molecule has 31 heavy (non-hydrogen) atoms. The topological polar surface area (TPSA) is 74.4 Å². The number of hydrogen-bond acceptors (Lipinski definition) is 5. The summed E-state index contributed by atoms with van der Waals surface area (Å²) in [6.45, 7) is 8.99. The van der Waals surface area contributed by atoms with Crippen molar-refractivity contribution in [3.8, 4) is 17.6 Å². The highest BCUT2D eigenvalue weighted by atomic mass is 16.5. The lowest BCUT2D eigenvalue weighted by atomic mass is 10.1. The Morgan fingerprint density at radius 1 is 1.39 bits per heavy atom. The van der Waals surface area contributed by atoms with Crippen LogP contribution in [0.2, 0.25) is 0 Å². The molecule has 3 rings (SSSR count). The average Bonchev–Trinajstić information content (AvgIpc) is 3.24. The fourth-order valence-electron chi connectivity index (χ4n) is 3.90. The number of rotatable bonds is 4. The van der Waals surface area contributed by atoms with Gasteiger partial charge in [0.25, 0.3) is 5.91 Å². The summed E-state index contributed by atoms with van der Waals surface area (Å²) in [7, 11) is 3.57. The van der Waals surface area contributed by atoms with Gasteiger partial charge in [-0.2, -0.15) is 0 Å². The Kier molecular flexibility index (Phi) is 7.03. The highest BCUT2D eigenvalue weighted by Crippen LogP contribution is 2.26. The van der Waals surface area contributed by atoms with Gasteiger partial charge in [-0.1, -0.05) is 24.6 Å². The number of aryl methyl sites for hydroxylation is 1. The van der Waals surface area contributed by atoms with Gasteiger partial charge in [0, 0.05) is 26.0 Å². The minimum Gasteiger partial charge on any atom is -0.496 e. The average molecular weight is 422 g/mol. The van der Waals surface area contributed by atoms with Crippen molar-refractivity contribution in [3.05, 3.63) is 54.0 Å². The van der Waals surface area contributed by atoms with E-state index < -0.39 is 0 Å². The zero-order valence-electron chi connectivity index (χ0n) is 18.8. The Morgan fingerprint density at radius 3 is 2.87 bits per heavy atom. The van der Waals surface area contributed by atoms with E-state index in [9.17, 15) is 4.79 Å². The molecule has 1 aromatic carbocycles. The van der Waals surface area contributed by atoms with Crippen LogP contribution in [0.5, 0.6) is 5.75 Å². The van der Waals surface area contributed by atoms with Gasteiger partial charge in [-0.25, -0.2) is 0 Å². The number of amides is 1. The first kappa shape index (κ1) is 22.4. The second-order valence-electron chi connectivity index (χ2n) is 7.78. The Hall–Kier alpha value is -3.24. The minimum absolute atomic E-state index is 0.178. The summed E-state index contributed by atoms with van der Waals surface area (Å²) in [6, 6.07) is 5.88. The van der Waals surface area contributed by atoms with Gasteiger partial charge >= 0.3 is 0 Å². The van der Waals surface area contributed by atoms with Gasteiger partial charge in [-0.05, 0) is 49.8 Å². The predicted octanol–water partition coefficient (Wildman–Crippen LogP) is 2.43. The molecule has 1 fully saturated rings. The molecular weight excluding hydrogens is 390 g/mol. The molecule has 1 amide bonds. The first-order valence-electron chi connectivity index (χ1n) is 10.4. The molecule has 2 aliphatic heterocycles. The van der Waals surface area contributed by atoms with Gasteiger partial charge in [-0.3, -0.25) is 9.79 Å².